The normalized spacial score (nSPS) is 20.9. The molecule has 1 heterocycles. The Morgan fingerprint density at radius 2 is 2.05 bits per heavy atom. The van der Waals surface area contributed by atoms with Crippen LogP contribution in [0.2, 0.25) is 0 Å². The molecule has 1 aliphatic heterocycles. The van der Waals surface area contributed by atoms with Gasteiger partial charge in [0.1, 0.15) is 0 Å². The number of cyclic esters (lactones) is 1. The van der Waals surface area contributed by atoms with E-state index in [0.29, 0.717) is 23.9 Å². The zero-order chi connectivity index (χ0) is 15.0. The van der Waals surface area contributed by atoms with Gasteiger partial charge in [0.25, 0.3) is 5.91 Å². The molecule has 1 aromatic rings. The van der Waals surface area contributed by atoms with Crippen molar-refractivity contribution in [2.24, 2.45) is 5.92 Å². The maximum atomic E-state index is 12.7. The van der Waals surface area contributed by atoms with E-state index in [1.807, 2.05) is 23.1 Å². The van der Waals surface area contributed by atoms with E-state index in [0.717, 1.165) is 24.9 Å². The number of hydrogen-bond acceptors (Lipinski definition) is 3. The Kier molecular flexibility index (Phi) is 3.70. The molecule has 0 spiro atoms. The molecule has 0 bridgehead atoms. The molecule has 0 radical (unpaired) electrons. The van der Waals surface area contributed by atoms with Crippen LogP contribution in [0.3, 0.4) is 0 Å². The predicted octanol–water partition coefficient (Wildman–Crippen LogP) is 2.42. The lowest BCUT2D eigenvalue weighted by atomic mass is 9.98. The fraction of sp³-hybridized carbons (Fsp3) is 0.529. The Morgan fingerprint density at radius 1 is 1.33 bits per heavy atom. The smallest absolute Gasteiger partial charge is 0.339 e. The second-order valence-electron chi connectivity index (χ2n) is 6.37. The van der Waals surface area contributed by atoms with Crippen molar-refractivity contribution in [3.63, 3.8) is 0 Å². The Labute approximate surface area is 125 Å². The molecule has 4 heteroatoms. The van der Waals surface area contributed by atoms with Crippen molar-refractivity contribution in [3.8, 4) is 0 Å². The summed E-state index contributed by atoms with van der Waals surface area (Å²) in [5, 5.41) is 0. The van der Waals surface area contributed by atoms with Crippen LogP contribution in [0.15, 0.2) is 24.3 Å². The number of fused-ring (bicyclic) bond motifs is 1. The summed E-state index contributed by atoms with van der Waals surface area (Å²) in [5.41, 5.74) is 1.50. The second-order valence-corrected chi connectivity index (χ2v) is 6.37. The Balaban J connectivity index is 1.78. The van der Waals surface area contributed by atoms with E-state index in [4.69, 9.17) is 4.74 Å². The van der Waals surface area contributed by atoms with Crippen LogP contribution in [-0.4, -0.2) is 35.5 Å². The van der Waals surface area contributed by atoms with E-state index in [2.05, 4.69) is 13.8 Å². The van der Waals surface area contributed by atoms with Gasteiger partial charge in [0.2, 0.25) is 0 Å². The van der Waals surface area contributed by atoms with Crippen LogP contribution >= 0.6 is 0 Å². The third kappa shape index (κ3) is 2.94. The fourth-order valence-electron chi connectivity index (χ4n) is 2.85. The quantitative estimate of drug-likeness (QED) is 0.799. The summed E-state index contributed by atoms with van der Waals surface area (Å²) in [7, 11) is 0. The molecule has 2 aliphatic rings. The molecule has 1 amide bonds. The molecule has 0 saturated heterocycles. The zero-order valence-corrected chi connectivity index (χ0v) is 12.5. The first-order chi connectivity index (χ1) is 10.1. The monoisotopic (exact) mass is 287 g/mol. The van der Waals surface area contributed by atoms with E-state index in [1.165, 1.54) is 0 Å². The molecule has 1 aromatic carbocycles. The number of carbonyl (C=O) groups is 2. The number of ether oxygens (including phenoxy) is 1. The van der Waals surface area contributed by atoms with Gasteiger partial charge >= 0.3 is 5.97 Å². The van der Waals surface area contributed by atoms with Gasteiger partial charge in [-0.05, 0) is 30.4 Å². The highest BCUT2D eigenvalue weighted by atomic mass is 16.5. The molecule has 0 aromatic heterocycles. The first-order valence-electron chi connectivity index (χ1n) is 7.65. The van der Waals surface area contributed by atoms with Crippen molar-refractivity contribution in [1.29, 1.82) is 0 Å². The van der Waals surface area contributed by atoms with Gasteiger partial charge in [0.05, 0.1) is 5.56 Å². The highest BCUT2D eigenvalue weighted by Crippen LogP contribution is 2.30. The van der Waals surface area contributed by atoms with Crippen molar-refractivity contribution in [2.45, 2.75) is 45.3 Å². The highest BCUT2D eigenvalue weighted by Gasteiger charge is 2.39. The molecule has 1 aliphatic carbocycles. The predicted molar refractivity (Wildman–Crippen MR) is 78.9 cm³/mol. The second kappa shape index (κ2) is 5.51. The van der Waals surface area contributed by atoms with Gasteiger partial charge in [-0.15, -0.1) is 0 Å². The van der Waals surface area contributed by atoms with Crippen LogP contribution in [0.4, 0.5) is 0 Å². The number of amides is 1. The molecule has 1 saturated carbocycles. The Bertz CT molecular complexity index is 563. The van der Waals surface area contributed by atoms with E-state index >= 15 is 0 Å². The first-order valence-corrected chi connectivity index (χ1v) is 7.65. The minimum atomic E-state index is -0.660. The standard InChI is InChI=1S/C17H21NO3/c1-11(2)10-18(13-7-8-13)16(19)15-9-12-5-3-4-6-14(12)17(20)21-15/h3-6,11,13,15H,7-10H2,1-2H3. The lowest BCUT2D eigenvalue weighted by Crippen LogP contribution is -2.46. The summed E-state index contributed by atoms with van der Waals surface area (Å²) in [5.74, 6) is 0.00525. The summed E-state index contributed by atoms with van der Waals surface area (Å²) < 4.78 is 5.38. The lowest BCUT2D eigenvalue weighted by Gasteiger charge is -2.31. The van der Waals surface area contributed by atoms with E-state index < -0.39 is 6.10 Å². The van der Waals surface area contributed by atoms with Gasteiger partial charge in [0.15, 0.2) is 6.10 Å². The molecular weight excluding hydrogens is 266 g/mol. The van der Waals surface area contributed by atoms with Crippen molar-refractivity contribution in [2.75, 3.05) is 6.54 Å². The van der Waals surface area contributed by atoms with Gasteiger partial charge in [-0.1, -0.05) is 32.0 Å². The van der Waals surface area contributed by atoms with Gasteiger partial charge in [-0.2, -0.15) is 0 Å². The molecule has 1 atom stereocenters. The third-order valence-corrected chi connectivity index (χ3v) is 4.00. The third-order valence-electron chi connectivity index (χ3n) is 4.00. The van der Waals surface area contributed by atoms with Crippen LogP contribution in [0.25, 0.3) is 0 Å². The summed E-state index contributed by atoms with van der Waals surface area (Å²) in [6, 6.07) is 7.71. The number of hydrogen-bond donors (Lipinski definition) is 0. The van der Waals surface area contributed by atoms with Crippen molar-refractivity contribution < 1.29 is 14.3 Å². The van der Waals surface area contributed by atoms with Gasteiger partial charge in [-0.25, -0.2) is 4.79 Å². The van der Waals surface area contributed by atoms with Gasteiger partial charge in [-0.3, -0.25) is 4.79 Å². The maximum Gasteiger partial charge on any atom is 0.339 e. The lowest BCUT2D eigenvalue weighted by molar-refractivity contribution is -0.142. The molecule has 0 N–H and O–H groups in total. The number of esters is 1. The first kappa shape index (κ1) is 14.1. The summed E-state index contributed by atoms with van der Waals surface area (Å²) in [4.78, 5) is 26.7. The largest absolute Gasteiger partial charge is 0.448 e. The molecule has 3 rings (SSSR count). The van der Waals surface area contributed by atoms with Crippen LogP contribution in [0.1, 0.15) is 42.6 Å². The maximum absolute atomic E-state index is 12.7. The van der Waals surface area contributed by atoms with Crippen molar-refractivity contribution in [3.05, 3.63) is 35.4 Å². The molecule has 21 heavy (non-hydrogen) atoms. The number of benzene rings is 1. The SMILES string of the molecule is CC(C)CN(C(=O)C1Cc2ccccc2C(=O)O1)C1CC1. The molecular formula is C17H21NO3. The van der Waals surface area contributed by atoms with Gasteiger partial charge in [0, 0.05) is 19.0 Å². The number of rotatable bonds is 4. The number of nitrogens with zero attached hydrogens (tertiary/aromatic N) is 1. The Hall–Kier alpha value is -1.84. The molecule has 4 nitrogen and oxygen atoms in total. The fourth-order valence-corrected chi connectivity index (χ4v) is 2.85. The summed E-state index contributed by atoms with van der Waals surface area (Å²) in [6.45, 7) is 4.94. The summed E-state index contributed by atoms with van der Waals surface area (Å²) >= 11 is 0. The highest BCUT2D eigenvalue weighted by molar-refractivity contribution is 5.95. The zero-order valence-electron chi connectivity index (χ0n) is 12.5. The van der Waals surface area contributed by atoms with Crippen molar-refractivity contribution >= 4 is 11.9 Å². The van der Waals surface area contributed by atoms with Crippen LogP contribution in [0.5, 0.6) is 0 Å². The molecule has 112 valence electrons. The molecule has 1 unspecified atom stereocenters. The van der Waals surface area contributed by atoms with E-state index in [-0.39, 0.29) is 11.9 Å². The van der Waals surface area contributed by atoms with E-state index in [1.54, 1.807) is 6.07 Å². The minimum Gasteiger partial charge on any atom is -0.448 e. The Morgan fingerprint density at radius 3 is 2.71 bits per heavy atom. The average molecular weight is 287 g/mol. The average Bonchev–Trinajstić information content (AvgIpc) is 3.28. The van der Waals surface area contributed by atoms with Crippen LogP contribution in [-0.2, 0) is 16.0 Å². The minimum absolute atomic E-state index is 0.0333. The van der Waals surface area contributed by atoms with Gasteiger partial charge < -0.3 is 9.64 Å². The van der Waals surface area contributed by atoms with E-state index in [9.17, 15) is 9.59 Å². The van der Waals surface area contributed by atoms with Crippen LogP contribution < -0.4 is 0 Å². The number of carbonyl (C=O) groups excluding carboxylic acids is 2. The summed E-state index contributed by atoms with van der Waals surface area (Å²) in [6.07, 6.45) is 1.96. The van der Waals surface area contributed by atoms with Crippen LogP contribution in [0, 0.1) is 5.92 Å². The topological polar surface area (TPSA) is 46.6 Å². The molecule has 1 fully saturated rings. The van der Waals surface area contributed by atoms with Crippen molar-refractivity contribution in [1.82, 2.24) is 4.90 Å².